The fourth-order valence-electron chi connectivity index (χ4n) is 3.11. The lowest BCUT2D eigenvalue weighted by molar-refractivity contribution is -0.139. The van der Waals surface area contributed by atoms with Gasteiger partial charge in [-0.05, 0) is 40.5 Å². The maximum Gasteiger partial charge on any atom is 0.228 e. The Balaban J connectivity index is 1.79. The molecular weight excluding hydrogens is 385 g/mol. The molecule has 0 aliphatic carbocycles. The minimum atomic E-state index is -0.360. The van der Waals surface area contributed by atoms with E-state index in [1.54, 1.807) is 6.07 Å². The number of amides is 1. The van der Waals surface area contributed by atoms with Crippen LogP contribution in [0.25, 0.3) is 10.9 Å². The van der Waals surface area contributed by atoms with Gasteiger partial charge in [-0.2, -0.15) is 0 Å². The molecule has 1 amide bonds. The maximum absolute atomic E-state index is 13.8. The van der Waals surface area contributed by atoms with E-state index in [9.17, 15) is 9.18 Å². The van der Waals surface area contributed by atoms with E-state index in [4.69, 9.17) is 0 Å². The highest BCUT2D eigenvalue weighted by molar-refractivity contribution is 9.10. The number of hydrogen-bond donors (Lipinski definition) is 0. The lowest BCUT2D eigenvalue weighted by atomic mass is 9.94. The van der Waals surface area contributed by atoms with E-state index in [0.29, 0.717) is 16.5 Å². The van der Waals surface area contributed by atoms with E-state index in [0.717, 1.165) is 37.3 Å². The summed E-state index contributed by atoms with van der Waals surface area (Å²) in [7, 11) is 0. The maximum atomic E-state index is 13.8. The van der Waals surface area contributed by atoms with Crippen molar-refractivity contribution >= 4 is 38.6 Å². The Hall–Kier alpha value is -1.69. The van der Waals surface area contributed by atoms with Gasteiger partial charge < -0.3 is 9.80 Å². The van der Waals surface area contributed by atoms with Crippen molar-refractivity contribution in [2.45, 2.75) is 27.2 Å². The fourth-order valence-corrected chi connectivity index (χ4v) is 3.47. The Labute approximate surface area is 156 Å². The first-order valence-corrected chi connectivity index (χ1v) is 9.35. The second kappa shape index (κ2) is 6.90. The summed E-state index contributed by atoms with van der Waals surface area (Å²) >= 11 is 3.21. The van der Waals surface area contributed by atoms with Gasteiger partial charge >= 0.3 is 0 Å². The zero-order chi connectivity index (χ0) is 18.2. The second-order valence-corrected chi connectivity index (χ2v) is 8.37. The van der Waals surface area contributed by atoms with Gasteiger partial charge in [0.15, 0.2) is 0 Å². The molecule has 0 atom stereocenters. The minimum Gasteiger partial charge on any atom is -0.355 e. The van der Waals surface area contributed by atoms with Gasteiger partial charge in [-0.25, -0.2) is 9.37 Å². The van der Waals surface area contributed by atoms with Crippen molar-refractivity contribution in [2.75, 3.05) is 31.1 Å². The van der Waals surface area contributed by atoms with E-state index in [1.807, 2.05) is 37.8 Å². The number of carbonyl (C=O) groups excluding carboxylic acids is 1. The van der Waals surface area contributed by atoms with Crippen LogP contribution in [0.4, 0.5) is 10.2 Å². The van der Waals surface area contributed by atoms with Crippen LogP contribution in [0.3, 0.4) is 0 Å². The quantitative estimate of drug-likeness (QED) is 0.709. The molecule has 134 valence electrons. The summed E-state index contributed by atoms with van der Waals surface area (Å²) < 4.78 is 14.2. The van der Waals surface area contributed by atoms with Crippen molar-refractivity contribution in [2.24, 2.45) is 5.41 Å². The van der Waals surface area contributed by atoms with Crippen LogP contribution in [0.15, 0.2) is 28.7 Å². The van der Waals surface area contributed by atoms with Gasteiger partial charge in [0.25, 0.3) is 0 Å². The summed E-state index contributed by atoms with van der Waals surface area (Å²) in [5, 5.41) is 0.899. The predicted molar refractivity (Wildman–Crippen MR) is 102 cm³/mol. The molecule has 25 heavy (non-hydrogen) atoms. The van der Waals surface area contributed by atoms with Crippen molar-refractivity contribution < 1.29 is 9.18 Å². The Morgan fingerprint density at radius 1 is 1.16 bits per heavy atom. The summed E-state index contributed by atoms with van der Waals surface area (Å²) in [6.07, 6.45) is 0.899. The summed E-state index contributed by atoms with van der Waals surface area (Å²) in [4.78, 5) is 21.2. The van der Waals surface area contributed by atoms with E-state index in [1.165, 1.54) is 6.07 Å². The number of aromatic nitrogens is 1. The molecule has 1 saturated heterocycles. The van der Waals surface area contributed by atoms with Crippen molar-refractivity contribution in [3.63, 3.8) is 0 Å². The number of pyridine rings is 1. The standard InChI is InChI=1S/C19H23BrFN3O/c1-19(2,3)18(25)24-8-4-7-23(9-10-24)17-6-5-13-11-14(20)15(21)12-16(13)22-17/h5-6,11-12H,4,7-10H2,1-3H3. The van der Waals surface area contributed by atoms with Crippen LogP contribution < -0.4 is 4.90 Å². The molecule has 0 bridgehead atoms. The molecule has 1 fully saturated rings. The SMILES string of the molecule is CC(C)(C)C(=O)N1CCCN(c2ccc3cc(Br)c(F)cc3n2)CC1. The van der Waals surface area contributed by atoms with E-state index in [-0.39, 0.29) is 17.1 Å². The molecule has 1 aromatic heterocycles. The van der Waals surface area contributed by atoms with E-state index in [2.05, 4.69) is 25.8 Å². The van der Waals surface area contributed by atoms with Crippen LogP contribution in [0.5, 0.6) is 0 Å². The molecule has 4 nitrogen and oxygen atoms in total. The molecule has 2 heterocycles. The summed E-state index contributed by atoms with van der Waals surface area (Å²) in [5.74, 6) is 0.710. The highest BCUT2D eigenvalue weighted by atomic mass is 79.9. The first-order chi connectivity index (χ1) is 11.8. The minimum absolute atomic E-state index is 0.188. The van der Waals surface area contributed by atoms with Gasteiger partial charge in [0.2, 0.25) is 5.91 Å². The molecule has 1 aromatic carbocycles. The van der Waals surface area contributed by atoms with Crippen molar-refractivity contribution in [1.82, 2.24) is 9.88 Å². The number of fused-ring (bicyclic) bond motifs is 1. The third-order valence-electron chi connectivity index (χ3n) is 4.47. The van der Waals surface area contributed by atoms with Crippen molar-refractivity contribution in [3.8, 4) is 0 Å². The Morgan fingerprint density at radius 3 is 2.64 bits per heavy atom. The molecule has 0 unspecified atom stereocenters. The number of anilines is 1. The number of hydrogen-bond acceptors (Lipinski definition) is 3. The zero-order valence-electron chi connectivity index (χ0n) is 14.9. The fraction of sp³-hybridized carbons (Fsp3) is 0.474. The van der Waals surface area contributed by atoms with Crippen LogP contribution in [0, 0.1) is 11.2 Å². The normalized spacial score (nSPS) is 16.2. The zero-order valence-corrected chi connectivity index (χ0v) is 16.4. The van der Waals surface area contributed by atoms with E-state index >= 15 is 0 Å². The second-order valence-electron chi connectivity index (χ2n) is 7.51. The number of carbonyl (C=O) groups is 1. The first-order valence-electron chi connectivity index (χ1n) is 8.56. The molecule has 0 saturated carbocycles. The third kappa shape index (κ3) is 3.94. The van der Waals surface area contributed by atoms with Gasteiger partial charge in [-0.1, -0.05) is 20.8 Å². The van der Waals surface area contributed by atoms with Crippen LogP contribution >= 0.6 is 15.9 Å². The van der Waals surface area contributed by atoms with E-state index < -0.39 is 0 Å². The van der Waals surface area contributed by atoms with Crippen LogP contribution in [-0.4, -0.2) is 42.0 Å². The van der Waals surface area contributed by atoms with Gasteiger partial charge in [-0.15, -0.1) is 0 Å². The van der Waals surface area contributed by atoms with Crippen molar-refractivity contribution in [1.29, 1.82) is 0 Å². The molecule has 1 aliphatic rings. The van der Waals surface area contributed by atoms with Gasteiger partial charge in [0.05, 0.1) is 9.99 Å². The number of nitrogens with zero attached hydrogens (tertiary/aromatic N) is 3. The monoisotopic (exact) mass is 407 g/mol. The average Bonchev–Trinajstić information content (AvgIpc) is 2.80. The molecule has 0 spiro atoms. The van der Waals surface area contributed by atoms with Gasteiger partial charge in [-0.3, -0.25) is 4.79 Å². The first kappa shape index (κ1) is 18.1. The Bertz CT molecular complexity index is 803. The Morgan fingerprint density at radius 2 is 1.92 bits per heavy atom. The lowest BCUT2D eigenvalue weighted by Crippen LogP contribution is -2.41. The summed E-state index contributed by atoms with van der Waals surface area (Å²) in [6, 6.07) is 7.13. The molecule has 1 aliphatic heterocycles. The topological polar surface area (TPSA) is 36.4 Å². The number of rotatable bonds is 1. The summed E-state index contributed by atoms with van der Waals surface area (Å²) in [6.45, 7) is 8.89. The van der Waals surface area contributed by atoms with Gasteiger partial charge in [0, 0.05) is 43.0 Å². The van der Waals surface area contributed by atoms with Crippen LogP contribution in [0.2, 0.25) is 0 Å². The molecule has 6 heteroatoms. The van der Waals surface area contributed by atoms with Crippen LogP contribution in [0.1, 0.15) is 27.2 Å². The highest BCUT2D eigenvalue weighted by Crippen LogP contribution is 2.25. The molecule has 0 N–H and O–H groups in total. The van der Waals surface area contributed by atoms with Crippen molar-refractivity contribution in [3.05, 3.63) is 34.6 Å². The molecule has 2 aromatic rings. The van der Waals surface area contributed by atoms with Gasteiger partial charge in [0.1, 0.15) is 11.6 Å². The molecule has 0 radical (unpaired) electrons. The molecule has 3 rings (SSSR count). The van der Waals surface area contributed by atoms with Crippen LogP contribution in [-0.2, 0) is 4.79 Å². The molecular formula is C19H23BrFN3O. The number of benzene rings is 1. The smallest absolute Gasteiger partial charge is 0.228 e. The lowest BCUT2D eigenvalue weighted by Gasteiger charge is -2.28. The Kier molecular flexibility index (Phi) is 5.00. The number of halogens is 2. The predicted octanol–water partition coefficient (Wildman–Crippen LogP) is 4.22. The largest absolute Gasteiger partial charge is 0.355 e. The average molecular weight is 408 g/mol. The summed E-state index contributed by atoms with van der Waals surface area (Å²) in [5.41, 5.74) is 0.284. The third-order valence-corrected chi connectivity index (χ3v) is 5.07. The highest BCUT2D eigenvalue weighted by Gasteiger charge is 2.28.